The van der Waals surface area contributed by atoms with E-state index in [4.69, 9.17) is 0 Å². The summed E-state index contributed by atoms with van der Waals surface area (Å²) in [6, 6.07) is 0.766. The fourth-order valence-corrected chi connectivity index (χ4v) is 4.12. The summed E-state index contributed by atoms with van der Waals surface area (Å²) in [5.74, 6) is 0. The first kappa shape index (κ1) is 28.7. The molecule has 0 aliphatic heterocycles. The van der Waals surface area contributed by atoms with E-state index >= 15 is 0 Å². The van der Waals surface area contributed by atoms with Crippen LogP contribution < -0.4 is 0 Å². The Bertz CT molecular complexity index is 1040. The molecule has 0 fully saturated rings. The Morgan fingerprint density at radius 2 is 0.657 bits per heavy atom. The first-order valence-corrected chi connectivity index (χ1v) is 10.1. The van der Waals surface area contributed by atoms with Crippen LogP contribution in [-0.2, 0) is 21.0 Å². The topological polar surface area (TPSA) is 74.6 Å². The van der Waals surface area contributed by atoms with Gasteiger partial charge in [-0.2, -0.15) is 52.7 Å². The Kier molecular flexibility index (Phi) is 6.78. The number of rotatable bonds is 4. The van der Waals surface area contributed by atoms with Gasteiger partial charge in [-0.25, -0.2) is 8.42 Å². The van der Waals surface area contributed by atoms with Gasteiger partial charge in [0.05, 0.1) is 9.79 Å². The van der Waals surface area contributed by atoms with Gasteiger partial charge in [-0.15, -0.1) is 0 Å². The lowest BCUT2D eigenvalue weighted by molar-refractivity contribution is -0.376. The standard InChI is InChI=1S/C18H10F12O4S/c19-15(20,21)13(31,16(22,23)24)9-1-5-11(6-2-9)35(33,34)12-7-3-10(4-8-12)14(32,17(25,26)27)18(28,29)30/h1-8,31-32H. The molecule has 0 saturated carbocycles. The van der Waals surface area contributed by atoms with Gasteiger partial charge >= 0.3 is 24.7 Å². The SMILES string of the molecule is O=S(=O)(c1ccc(C(O)(C(F)(F)F)C(F)(F)F)cc1)c1ccc(C(O)(C(F)(F)F)C(F)(F)F)cc1. The zero-order valence-corrected chi connectivity index (χ0v) is 17.1. The zero-order chi connectivity index (χ0) is 27.5. The second-order valence-electron chi connectivity index (χ2n) is 6.96. The van der Waals surface area contributed by atoms with Crippen LogP contribution in [0, 0.1) is 0 Å². The average Bonchev–Trinajstić information content (AvgIpc) is 2.69. The summed E-state index contributed by atoms with van der Waals surface area (Å²) in [6.07, 6.45) is -25.1. The van der Waals surface area contributed by atoms with E-state index in [1.54, 1.807) is 0 Å². The summed E-state index contributed by atoms with van der Waals surface area (Å²) in [5.41, 5.74) is -14.4. The lowest BCUT2D eigenvalue weighted by atomic mass is 9.92. The van der Waals surface area contributed by atoms with Crippen molar-refractivity contribution in [3.8, 4) is 0 Å². The molecule has 17 heteroatoms. The summed E-state index contributed by atoms with van der Waals surface area (Å²) in [4.78, 5) is -2.02. The number of aliphatic hydroxyl groups is 2. The van der Waals surface area contributed by atoms with E-state index in [2.05, 4.69) is 0 Å². The summed E-state index contributed by atoms with van der Waals surface area (Å²) in [5, 5.41) is 18.6. The smallest absolute Gasteiger partial charge is 0.369 e. The predicted molar refractivity (Wildman–Crippen MR) is 90.3 cm³/mol. The minimum Gasteiger partial charge on any atom is -0.369 e. The van der Waals surface area contributed by atoms with Crippen LogP contribution in [0.3, 0.4) is 0 Å². The van der Waals surface area contributed by atoms with Gasteiger partial charge in [-0.1, -0.05) is 24.3 Å². The first-order chi connectivity index (χ1) is 15.4. The molecule has 0 radical (unpaired) electrons. The molecule has 0 atom stereocenters. The van der Waals surface area contributed by atoms with Gasteiger partial charge in [0.25, 0.3) is 11.2 Å². The highest BCUT2D eigenvalue weighted by Crippen LogP contribution is 2.51. The second-order valence-corrected chi connectivity index (χ2v) is 8.91. The van der Waals surface area contributed by atoms with Gasteiger partial charge in [0.15, 0.2) is 0 Å². The third-order valence-electron chi connectivity index (χ3n) is 4.81. The maximum absolute atomic E-state index is 12.9. The van der Waals surface area contributed by atoms with Crippen LogP contribution in [0.15, 0.2) is 58.3 Å². The molecule has 0 spiro atoms. The fourth-order valence-electron chi connectivity index (χ4n) is 2.86. The van der Waals surface area contributed by atoms with Crippen LogP contribution in [0.4, 0.5) is 52.7 Å². The molecule has 2 rings (SSSR count). The van der Waals surface area contributed by atoms with Crippen molar-refractivity contribution < 1.29 is 71.3 Å². The van der Waals surface area contributed by atoms with E-state index in [1.807, 2.05) is 0 Å². The quantitative estimate of drug-likeness (QED) is 0.517. The Hall–Kier alpha value is -2.53. The van der Waals surface area contributed by atoms with Gasteiger partial charge in [-0.05, 0) is 24.3 Å². The van der Waals surface area contributed by atoms with E-state index in [1.165, 1.54) is 0 Å². The molecule has 4 nitrogen and oxygen atoms in total. The van der Waals surface area contributed by atoms with Crippen molar-refractivity contribution in [2.45, 2.75) is 45.7 Å². The lowest BCUT2D eigenvalue weighted by Gasteiger charge is -2.32. The van der Waals surface area contributed by atoms with E-state index < -0.39 is 66.7 Å². The molecular formula is C18H10F12O4S. The van der Waals surface area contributed by atoms with Crippen LogP contribution in [0.2, 0.25) is 0 Å². The molecule has 0 saturated heterocycles. The van der Waals surface area contributed by atoms with Gasteiger partial charge in [-0.3, -0.25) is 0 Å². The molecule has 0 aliphatic rings. The molecule has 0 heterocycles. The first-order valence-electron chi connectivity index (χ1n) is 8.60. The second kappa shape index (κ2) is 8.26. The Balaban J connectivity index is 2.53. The van der Waals surface area contributed by atoms with E-state index in [9.17, 15) is 71.3 Å². The molecule has 2 aromatic carbocycles. The van der Waals surface area contributed by atoms with Crippen molar-refractivity contribution in [2.75, 3.05) is 0 Å². The predicted octanol–water partition coefficient (Wildman–Crippen LogP) is 5.14. The molecule has 0 aliphatic carbocycles. The van der Waals surface area contributed by atoms with Crippen molar-refractivity contribution in [1.82, 2.24) is 0 Å². The largest absolute Gasteiger partial charge is 0.430 e. The maximum Gasteiger partial charge on any atom is 0.430 e. The minimum atomic E-state index is -6.27. The highest BCUT2D eigenvalue weighted by atomic mass is 32.2. The number of hydrogen-bond acceptors (Lipinski definition) is 4. The zero-order valence-electron chi connectivity index (χ0n) is 16.3. The maximum atomic E-state index is 12.9. The van der Waals surface area contributed by atoms with Gasteiger partial charge in [0.2, 0.25) is 9.84 Å². The highest BCUT2D eigenvalue weighted by molar-refractivity contribution is 7.91. The Morgan fingerprint density at radius 1 is 0.457 bits per heavy atom. The summed E-state index contributed by atoms with van der Waals surface area (Å²) < 4.78 is 180. The van der Waals surface area contributed by atoms with E-state index in [0.29, 0.717) is 0 Å². The summed E-state index contributed by atoms with van der Waals surface area (Å²) in [7, 11) is -4.89. The molecule has 0 aromatic heterocycles. The molecule has 2 N–H and O–H groups in total. The molecule has 0 bridgehead atoms. The van der Waals surface area contributed by atoms with Crippen LogP contribution >= 0.6 is 0 Å². The Morgan fingerprint density at radius 3 is 0.829 bits per heavy atom. The number of hydrogen-bond donors (Lipinski definition) is 2. The molecule has 0 amide bonds. The summed E-state index contributed by atoms with van der Waals surface area (Å²) in [6.45, 7) is 0. The van der Waals surface area contributed by atoms with Gasteiger partial charge in [0, 0.05) is 11.1 Å². The summed E-state index contributed by atoms with van der Waals surface area (Å²) >= 11 is 0. The third kappa shape index (κ3) is 4.55. The highest BCUT2D eigenvalue weighted by Gasteiger charge is 2.72. The van der Waals surface area contributed by atoms with Crippen molar-refractivity contribution in [2.24, 2.45) is 0 Å². The van der Waals surface area contributed by atoms with E-state index in [0.717, 1.165) is 0 Å². The van der Waals surface area contributed by atoms with Gasteiger partial charge in [0.1, 0.15) is 0 Å². The van der Waals surface area contributed by atoms with Gasteiger partial charge < -0.3 is 10.2 Å². The normalized spacial score (nSPS) is 14.8. The van der Waals surface area contributed by atoms with Crippen LogP contribution in [0.25, 0.3) is 0 Å². The monoisotopic (exact) mass is 550 g/mol. The number of sulfone groups is 1. The molecular weight excluding hydrogens is 540 g/mol. The van der Waals surface area contributed by atoms with Crippen molar-refractivity contribution >= 4 is 9.84 Å². The van der Waals surface area contributed by atoms with Crippen molar-refractivity contribution in [3.63, 3.8) is 0 Å². The van der Waals surface area contributed by atoms with Crippen LogP contribution in [-0.4, -0.2) is 43.3 Å². The molecule has 196 valence electrons. The van der Waals surface area contributed by atoms with Crippen molar-refractivity contribution in [1.29, 1.82) is 0 Å². The number of benzene rings is 2. The number of alkyl halides is 12. The lowest BCUT2D eigenvalue weighted by Crippen LogP contribution is -2.53. The Labute approximate surface area is 187 Å². The van der Waals surface area contributed by atoms with Crippen molar-refractivity contribution in [3.05, 3.63) is 59.7 Å². The molecule has 35 heavy (non-hydrogen) atoms. The van der Waals surface area contributed by atoms with Crippen LogP contribution in [0.1, 0.15) is 11.1 Å². The fraction of sp³-hybridized carbons (Fsp3) is 0.333. The molecule has 2 aromatic rings. The molecule has 0 unspecified atom stereocenters. The van der Waals surface area contributed by atoms with Crippen LogP contribution in [0.5, 0.6) is 0 Å². The minimum absolute atomic E-state index is 0.0196. The van der Waals surface area contributed by atoms with E-state index in [-0.39, 0.29) is 48.5 Å². The third-order valence-corrected chi connectivity index (χ3v) is 6.59. The number of halogens is 12. The average molecular weight is 550 g/mol.